The molecule has 0 saturated carbocycles. The molecule has 130 valence electrons. The van der Waals surface area contributed by atoms with E-state index in [-0.39, 0.29) is 5.82 Å². The summed E-state index contributed by atoms with van der Waals surface area (Å²) in [4.78, 5) is 7.37. The molecule has 0 unspecified atom stereocenters. The molecular weight excluding hydrogens is 315 g/mol. The van der Waals surface area contributed by atoms with E-state index in [4.69, 9.17) is 0 Å². The molecular formula is C20H23FN4. The van der Waals surface area contributed by atoms with E-state index in [9.17, 15) is 4.39 Å². The highest BCUT2D eigenvalue weighted by Crippen LogP contribution is 2.19. The smallest absolute Gasteiger partial charge is 0.191 e. The number of H-pyrrole nitrogens is 1. The summed E-state index contributed by atoms with van der Waals surface area (Å²) in [6, 6.07) is 13.2. The summed E-state index contributed by atoms with van der Waals surface area (Å²) in [6.07, 6.45) is 2.77. The monoisotopic (exact) mass is 338 g/mol. The maximum Gasteiger partial charge on any atom is 0.191 e. The first kappa shape index (κ1) is 17.0. The van der Waals surface area contributed by atoms with Gasteiger partial charge in [-0.1, -0.05) is 29.8 Å². The van der Waals surface area contributed by atoms with E-state index in [0.29, 0.717) is 0 Å². The lowest BCUT2D eigenvalue weighted by molar-refractivity contribution is 0.629. The van der Waals surface area contributed by atoms with Gasteiger partial charge in [0.25, 0.3) is 0 Å². The number of aromatic amines is 1. The fourth-order valence-electron chi connectivity index (χ4n) is 2.91. The number of aliphatic imine (C=N–C) groups is 1. The number of hydrogen-bond donors (Lipinski definition) is 3. The molecule has 0 fully saturated rings. The van der Waals surface area contributed by atoms with Crippen LogP contribution in [0.25, 0.3) is 10.9 Å². The van der Waals surface area contributed by atoms with Crippen molar-refractivity contribution in [2.45, 2.75) is 19.9 Å². The number of benzene rings is 2. The largest absolute Gasteiger partial charge is 0.361 e. The Morgan fingerprint density at radius 3 is 2.84 bits per heavy atom. The number of hydrogen-bond acceptors (Lipinski definition) is 1. The number of halogens is 1. The summed E-state index contributed by atoms with van der Waals surface area (Å²) in [5, 5.41) is 7.70. The molecule has 0 aliphatic heterocycles. The summed E-state index contributed by atoms with van der Waals surface area (Å²) in [5.74, 6) is 0.548. The SMILES string of the molecule is CN=C(NCCc1c[nH]c2cc(F)ccc12)NCc1cccc(C)c1. The van der Waals surface area contributed by atoms with Crippen LogP contribution in [0.3, 0.4) is 0 Å². The Bertz CT molecular complexity index is 882. The summed E-state index contributed by atoms with van der Waals surface area (Å²) >= 11 is 0. The Balaban J connectivity index is 1.52. The van der Waals surface area contributed by atoms with Crippen LogP contribution < -0.4 is 10.6 Å². The Labute approximate surface area is 147 Å². The molecule has 0 amide bonds. The second-order valence-electron chi connectivity index (χ2n) is 6.10. The molecule has 3 aromatic rings. The van der Waals surface area contributed by atoms with Gasteiger partial charge in [-0.25, -0.2) is 4.39 Å². The summed E-state index contributed by atoms with van der Waals surface area (Å²) in [6.45, 7) is 3.56. The summed E-state index contributed by atoms with van der Waals surface area (Å²) < 4.78 is 13.2. The molecule has 0 spiro atoms. The lowest BCUT2D eigenvalue weighted by Crippen LogP contribution is -2.37. The van der Waals surface area contributed by atoms with Gasteiger partial charge in [-0.2, -0.15) is 0 Å². The van der Waals surface area contributed by atoms with E-state index in [1.54, 1.807) is 7.05 Å². The molecule has 0 aliphatic rings. The Kier molecular flexibility index (Phi) is 5.33. The topological polar surface area (TPSA) is 52.2 Å². The molecule has 0 aliphatic carbocycles. The third-order valence-corrected chi connectivity index (χ3v) is 4.18. The number of fused-ring (bicyclic) bond motifs is 1. The Morgan fingerprint density at radius 2 is 2.04 bits per heavy atom. The highest BCUT2D eigenvalue weighted by atomic mass is 19.1. The molecule has 2 aromatic carbocycles. The van der Waals surface area contributed by atoms with Gasteiger partial charge >= 0.3 is 0 Å². The fraction of sp³-hybridized carbons (Fsp3) is 0.250. The van der Waals surface area contributed by atoms with Gasteiger partial charge < -0.3 is 15.6 Å². The van der Waals surface area contributed by atoms with Gasteiger partial charge in [0.05, 0.1) is 0 Å². The number of guanidine groups is 1. The van der Waals surface area contributed by atoms with Gasteiger partial charge in [0.2, 0.25) is 0 Å². The van der Waals surface area contributed by atoms with Gasteiger partial charge in [0.1, 0.15) is 5.82 Å². The van der Waals surface area contributed by atoms with Crippen molar-refractivity contribution >= 4 is 16.9 Å². The number of aromatic nitrogens is 1. The van der Waals surface area contributed by atoms with Gasteiger partial charge in [0, 0.05) is 37.2 Å². The molecule has 0 radical (unpaired) electrons. The number of nitrogens with one attached hydrogen (secondary N) is 3. The van der Waals surface area contributed by atoms with Gasteiger partial charge in [-0.15, -0.1) is 0 Å². The summed E-state index contributed by atoms with van der Waals surface area (Å²) in [7, 11) is 1.76. The molecule has 4 nitrogen and oxygen atoms in total. The van der Waals surface area contributed by atoms with Crippen LogP contribution in [0.1, 0.15) is 16.7 Å². The minimum atomic E-state index is -0.222. The molecule has 0 bridgehead atoms. The van der Waals surface area contributed by atoms with Crippen LogP contribution in [0.2, 0.25) is 0 Å². The summed E-state index contributed by atoms with van der Waals surface area (Å²) in [5.41, 5.74) is 4.47. The first-order valence-electron chi connectivity index (χ1n) is 8.41. The number of aryl methyl sites for hydroxylation is 1. The van der Waals surface area contributed by atoms with Crippen molar-refractivity contribution in [2.24, 2.45) is 4.99 Å². The van der Waals surface area contributed by atoms with Crippen LogP contribution in [-0.2, 0) is 13.0 Å². The maximum absolute atomic E-state index is 13.2. The minimum absolute atomic E-state index is 0.222. The van der Waals surface area contributed by atoms with Crippen LogP contribution in [0.15, 0.2) is 53.7 Å². The van der Waals surface area contributed by atoms with Crippen LogP contribution in [0.4, 0.5) is 4.39 Å². The van der Waals surface area contributed by atoms with E-state index >= 15 is 0 Å². The minimum Gasteiger partial charge on any atom is -0.361 e. The maximum atomic E-state index is 13.2. The van der Waals surface area contributed by atoms with Gasteiger partial charge in [-0.05, 0) is 42.7 Å². The standard InChI is InChI=1S/C20H23FN4/c1-14-4-3-5-15(10-14)12-25-20(22-2)23-9-8-16-13-24-19-11-17(21)6-7-18(16)19/h3-7,10-11,13,24H,8-9,12H2,1-2H3,(H2,22,23,25). The second-order valence-corrected chi connectivity index (χ2v) is 6.10. The third kappa shape index (κ3) is 4.38. The quantitative estimate of drug-likeness (QED) is 0.492. The van der Waals surface area contributed by atoms with E-state index < -0.39 is 0 Å². The van der Waals surface area contributed by atoms with E-state index in [2.05, 4.69) is 51.8 Å². The zero-order valence-corrected chi connectivity index (χ0v) is 14.6. The molecule has 3 rings (SSSR count). The zero-order chi connectivity index (χ0) is 17.6. The van der Waals surface area contributed by atoms with Crippen molar-refractivity contribution in [2.75, 3.05) is 13.6 Å². The third-order valence-electron chi connectivity index (χ3n) is 4.18. The highest BCUT2D eigenvalue weighted by Gasteiger charge is 2.05. The lowest BCUT2D eigenvalue weighted by Gasteiger charge is -2.12. The molecule has 0 atom stereocenters. The van der Waals surface area contributed by atoms with Crippen molar-refractivity contribution in [1.29, 1.82) is 0 Å². The Morgan fingerprint density at radius 1 is 1.16 bits per heavy atom. The Hall–Kier alpha value is -2.82. The van der Waals surface area contributed by atoms with E-state index in [0.717, 1.165) is 41.9 Å². The van der Waals surface area contributed by atoms with Crippen LogP contribution in [-0.4, -0.2) is 24.5 Å². The van der Waals surface area contributed by atoms with Crippen molar-refractivity contribution in [1.82, 2.24) is 15.6 Å². The van der Waals surface area contributed by atoms with Crippen molar-refractivity contribution in [3.05, 3.63) is 71.2 Å². The van der Waals surface area contributed by atoms with Crippen LogP contribution in [0, 0.1) is 12.7 Å². The highest BCUT2D eigenvalue weighted by molar-refractivity contribution is 5.83. The first-order chi connectivity index (χ1) is 12.2. The average Bonchev–Trinajstić information content (AvgIpc) is 3.00. The van der Waals surface area contributed by atoms with Crippen molar-refractivity contribution < 1.29 is 4.39 Å². The normalized spacial score (nSPS) is 11.7. The lowest BCUT2D eigenvalue weighted by atomic mass is 10.1. The van der Waals surface area contributed by atoms with Crippen LogP contribution >= 0.6 is 0 Å². The molecule has 1 heterocycles. The molecule has 5 heteroatoms. The average molecular weight is 338 g/mol. The molecule has 25 heavy (non-hydrogen) atoms. The number of rotatable bonds is 5. The van der Waals surface area contributed by atoms with Crippen molar-refractivity contribution in [3.8, 4) is 0 Å². The van der Waals surface area contributed by atoms with Crippen LogP contribution in [0.5, 0.6) is 0 Å². The number of nitrogens with zero attached hydrogens (tertiary/aromatic N) is 1. The molecule has 3 N–H and O–H groups in total. The van der Waals surface area contributed by atoms with E-state index in [1.165, 1.54) is 23.3 Å². The van der Waals surface area contributed by atoms with Gasteiger partial charge in [-0.3, -0.25) is 4.99 Å². The van der Waals surface area contributed by atoms with E-state index in [1.807, 2.05) is 12.3 Å². The first-order valence-corrected chi connectivity index (χ1v) is 8.41. The van der Waals surface area contributed by atoms with Crippen molar-refractivity contribution in [3.63, 3.8) is 0 Å². The predicted molar refractivity (Wildman–Crippen MR) is 101 cm³/mol. The molecule has 0 saturated heterocycles. The molecule has 1 aromatic heterocycles. The van der Waals surface area contributed by atoms with Gasteiger partial charge in [0.15, 0.2) is 5.96 Å². The zero-order valence-electron chi connectivity index (χ0n) is 14.6. The second kappa shape index (κ2) is 7.83. The fourth-order valence-corrected chi connectivity index (χ4v) is 2.91. The predicted octanol–water partition coefficient (Wildman–Crippen LogP) is 3.52.